The van der Waals surface area contributed by atoms with Crippen LogP contribution in [0.4, 0.5) is 4.79 Å². The van der Waals surface area contributed by atoms with Crippen molar-refractivity contribution in [3.05, 3.63) is 0 Å². The molecule has 1 rings (SSSR count). The van der Waals surface area contributed by atoms with Crippen molar-refractivity contribution < 1.29 is 23.9 Å². The van der Waals surface area contributed by atoms with Crippen LogP contribution in [-0.4, -0.2) is 31.2 Å². The van der Waals surface area contributed by atoms with Gasteiger partial charge in [-0.3, -0.25) is 4.79 Å². The number of carbonyl (C=O) groups excluding carboxylic acids is 3. The molecule has 1 aliphatic heterocycles. The van der Waals surface area contributed by atoms with Gasteiger partial charge in [-0.25, -0.2) is 9.59 Å². The summed E-state index contributed by atoms with van der Waals surface area (Å²) in [5.74, 6) is -1.38. The maximum Gasteiger partial charge on any atom is 0.415 e. The van der Waals surface area contributed by atoms with Gasteiger partial charge in [-0.05, 0) is 0 Å². The van der Waals surface area contributed by atoms with Crippen LogP contribution < -0.4 is 5.32 Å². The zero-order valence-corrected chi connectivity index (χ0v) is 6.33. The molecule has 0 aromatic carbocycles. The lowest BCUT2D eigenvalue weighted by Crippen LogP contribution is -2.48. The Morgan fingerprint density at radius 2 is 2.33 bits per heavy atom. The molecule has 1 aliphatic rings. The molecule has 1 amide bonds. The van der Waals surface area contributed by atoms with E-state index in [0.29, 0.717) is 0 Å². The number of methoxy groups -OCH3 is 1. The lowest BCUT2D eigenvalue weighted by molar-refractivity contribution is -0.150. The maximum absolute atomic E-state index is 10.8. The third-order valence-electron chi connectivity index (χ3n) is 1.36. The Balaban J connectivity index is 2.61. The molecule has 12 heavy (non-hydrogen) atoms. The highest BCUT2D eigenvalue weighted by molar-refractivity contribution is 5.94. The van der Waals surface area contributed by atoms with Crippen LogP contribution in [0.2, 0.25) is 0 Å². The molecule has 0 radical (unpaired) electrons. The Morgan fingerprint density at radius 1 is 1.67 bits per heavy atom. The first-order chi connectivity index (χ1) is 5.63. The van der Waals surface area contributed by atoms with E-state index in [9.17, 15) is 14.4 Å². The maximum atomic E-state index is 10.8. The molecule has 6 heteroatoms. The average Bonchev–Trinajstić information content (AvgIpc) is 2.01. The summed E-state index contributed by atoms with van der Waals surface area (Å²) in [5, 5.41) is 2.14. The smallest absolute Gasteiger partial charge is 0.415 e. The number of nitrogens with one attached hydrogen (secondary N) is 1. The molecule has 1 atom stereocenters. The van der Waals surface area contributed by atoms with Crippen molar-refractivity contribution in [3.8, 4) is 0 Å². The van der Waals surface area contributed by atoms with E-state index in [-0.39, 0.29) is 6.42 Å². The summed E-state index contributed by atoms with van der Waals surface area (Å²) in [5.41, 5.74) is 0. The summed E-state index contributed by atoms with van der Waals surface area (Å²) in [6, 6.07) is -0.913. The Labute approximate surface area is 67.8 Å². The van der Waals surface area contributed by atoms with Gasteiger partial charge in [-0.1, -0.05) is 0 Å². The van der Waals surface area contributed by atoms with E-state index in [2.05, 4.69) is 14.8 Å². The first-order valence-electron chi connectivity index (χ1n) is 3.22. The zero-order valence-electron chi connectivity index (χ0n) is 6.33. The zero-order chi connectivity index (χ0) is 9.14. The van der Waals surface area contributed by atoms with Crippen molar-refractivity contribution >= 4 is 18.0 Å². The minimum atomic E-state index is -0.915. The largest absolute Gasteiger partial charge is 0.467 e. The van der Waals surface area contributed by atoms with Gasteiger partial charge in [0.2, 0.25) is 0 Å². The van der Waals surface area contributed by atoms with Crippen molar-refractivity contribution in [1.29, 1.82) is 0 Å². The Hall–Kier alpha value is -1.59. The van der Waals surface area contributed by atoms with Gasteiger partial charge in [-0.15, -0.1) is 0 Å². The Kier molecular flexibility index (Phi) is 2.27. The fourth-order valence-corrected chi connectivity index (χ4v) is 0.819. The lowest BCUT2D eigenvalue weighted by atomic mass is 10.2. The van der Waals surface area contributed by atoms with Gasteiger partial charge < -0.3 is 14.8 Å². The summed E-state index contributed by atoms with van der Waals surface area (Å²) in [4.78, 5) is 32.0. The first-order valence-corrected chi connectivity index (χ1v) is 3.22. The Bertz CT molecular complexity index is 220. The standard InChI is InChI=1S/C6H7NO5/c1-11-5(9)3-2-4(8)12-6(10)7-3/h3H,2H2,1H3,(H,7,10)/t3-/m0/s1. The van der Waals surface area contributed by atoms with Crippen LogP contribution in [0.15, 0.2) is 0 Å². The number of alkyl carbamates (subject to hydrolysis) is 1. The molecule has 0 aromatic rings. The van der Waals surface area contributed by atoms with E-state index < -0.39 is 24.1 Å². The van der Waals surface area contributed by atoms with Gasteiger partial charge in [0.1, 0.15) is 6.04 Å². The molecule has 1 heterocycles. The molecule has 1 N–H and O–H groups in total. The monoisotopic (exact) mass is 173 g/mol. The molecular weight excluding hydrogens is 166 g/mol. The number of hydrogen-bond donors (Lipinski definition) is 1. The normalized spacial score (nSPS) is 22.6. The predicted molar refractivity (Wildman–Crippen MR) is 35.0 cm³/mol. The molecule has 0 saturated carbocycles. The molecular formula is C6H7NO5. The van der Waals surface area contributed by atoms with Gasteiger partial charge in [-0.2, -0.15) is 0 Å². The molecule has 0 spiro atoms. The second kappa shape index (κ2) is 3.21. The van der Waals surface area contributed by atoms with Crippen molar-refractivity contribution in [3.63, 3.8) is 0 Å². The Morgan fingerprint density at radius 3 is 2.83 bits per heavy atom. The highest BCUT2D eigenvalue weighted by Crippen LogP contribution is 2.03. The number of carbonyl (C=O) groups is 3. The minimum absolute atomic E-state index is 0.182. The van der Waals surface area contributed by atoms with Crippen LogP contribution in [0.25, 0.3) is 0 Å². The van der Waals surface area contributed by atoms with E-state index in [1.54, 1.807) is 0 Å². The SMILES string of the molecule is COC(=O)[C@@H]1CC(=O)OC(=O)N1. The van der Waals surface area contributed by atoms with Crippen molar-refractivity contribution in [2.45, 2.75) is 12.5 Å². The average molecular weight is 173 g/mol. The van der Waals surface area contributed by atoms with Gasteiger partial charge in [0, 0.05) is 0 Å². The van der Waals surface area contributed by atoms with E-state index in [0.717, 1.165) is 0 Å². The van der Waals surface area contributed by atoms with E-state index in [4.69, 9.17) is 0 Å². The van der Waals surface area contributed by atoms with Crippen LogP contribution in [0, 0.1) is 0 Å². The highest BCUT2D eigenvalue weighted by Gasteiger charge is 2.31. The van der Waals surface area contributed by atoms with Crippen LogP contribution >= 0.6 is 0 Å². The minimum Gasteiger partial charge on any atom is -0.467 e. The van der Waals surface area contributed by atoms with E-state index >= 15 is 0 Å². The number of esters is 2. The van der Waals surface area contributed by atoms with Crippen molar-refractivity contribution in [1.82, 2.24) is 5.32 Å². The second-order valence-corrected chi connectivity index (χ2v) is 2.19. The third-order valence-corrected chi connectivity index (χ3v) is 1.36. The summed E-state index contributed by atoms with van der Waals surface area (Å²) in [6.45, 7) is 0. The molecule has 66 valence electrons. The molecule has 1 saturated heterocycles. The molecule has 0 aromatic heterocycles. The fourth-order valence-electron chi connectivity index (χ4n) is 0.819. The van der Waals surface area contributed by atoms with Gasteiger partial charge in [0.05, 0.1) is 13.5 Å². The highest BCUT2D eigenvalue weighted by atomic mass is 16.6. The van der Waals surface area contributed by atoms with Crippen LogP contribution in [0.5, 0.6) is 0 Å². The topological polar surface area (TPSA) is 81.7 Å². The number of ether oxygens (including phenoxy) is 2. The number of amides is 1. The number of rotatable bonds is 1. The molecule has 0 bridgehead atoms. The molecule has 1 fully saturated rings. The summed E-state index contributed by atoms with van der Waals surface area (Å²) in [7, 11) is 1.18. The van der Waals surface area contributed by atoms with Crippen LogP contribution in [0.3, 0.4) is 0 Å². The number of hydrogen-bond acceptors (Lipinski definition) is 5. The lowest BCUT2D eigenvalue weighted by Gasteiger charge is -2.19. The fraction of sp³-hybridized carbons (Fsp3) is 0.500. The molecule has 0 unspecified atom stereocenters. The van der Waals surface area contributed by atoms with E-state index in [1.807, 2.05) is 0 Å². The van der Waals surface area contributed by atoms with Crippen molar-refractivity contribution in [2.24, 2.45) is 0 Å². The van der Waals surface area contributed by atoms with Gasteiger partial charge in [0.25, 0.3) is 0 Å². The van der Waals surface area contributed by atoms with Gasteiger partial charge >= 0.3 is 18.0 Å². The van der Waals surface area contributed by atoms with E-state index in [1.165, 1.54) is 7.11 Å². The van der Waals surface area contributed by atoms with Crippen LogP contribution in [-0.2, 0) is 19.1 Å². The third kappa shape index (κ3) is 1.71. The quantitative estimate of drug-likeness (QED) is 0.414. The molecule has 6 nitrogen and oxygen atoms in total. The van der Waals surface area contributed by atoms with Gasteiger partial charge in [0.15, 0.2) is 0 Å². The second-order valence-electron chi connectivity index (χ2n) is 2.19. The summed E-state index contributed by atoms with van der Waals surface area (Å²) >= 11 is 0. The van der Waals surface area contributed by atoms with Crippen LogP contribution in [0.1, 0.15) is 6.42 Å². The predicted octanol–water partition coefficient (Wildman–Crippen LogP) is -0.816. The number of cyclic esters (lactones) is 2. The summed E-state index contributed by atoms with van der Waals surface area (Å²) < 4.78 is 8.44. The first kappa shape index (κ1) is 8.51. The van der Waals surface area contributed by atoms with Crippen molar-refractivity contribution in [2.75, 3.05) is 7.11 Å². The summed E-state index contributed by atoms with van der Waals surface area (Å²) in [6.07, 6.45) is -1.10. The molecule has 0 aliphatic carbocycles.